The molecular formula is C16H24N6S2. The van der Waals surface area contributed by atoms with Gasteiger partial charge in [0.05, 0.1) is 6.54 Å². The number of hydrogen-bond acceptors (Lipinski definition) is 5. The number of thiophene rings is 1. The summed E-state index contributed by atoms with van der Waals surface area (Å²) in [4.78, 5) is 6.03. The number of thioether (sulfide) groups is 1. The normalized spacial score (nSPS) is 18.6. The molecular weight excluding hydrogens is 340 g/mol. The fourth-order valence-electron chi connectivity index (χ4n) is 2.52. The summed E-state index contributed by atoms with van der Waals surface area (Å²) in [5.41, 5.74) is 0. The highest BCUT2D eigenvalue weighted by Gasteiger charge is 2.15. The van der Waals surface area contributed by atoms with Crippen LogP contribution in [0.5, 0.6) is 0 Å². The standard InChI is InChI=1S/C16H24N6S2/c1-12-20-21-15(22(12)2)10-18-16(17-9-14-6-4-8-24-14)19-13-5-3-7-23-11-13/h4,6,8,13H,3,5,7,9-11H2,1-2H3,(H2,17,18,19). The Morgan fingerprint density at radius 3 is 3.04 bits per heavy atom. The van der Waals surface area contributed by atoms with Crippen LogP contribution in [0.4, 0.5) is 0 Å². The molecule has 3 heterocycles. The Bertz CT molecular complexity index is 658. The number of aromatic nitrogens is 3. The molecule has 0 amide bonds. The van der Waals surface area contributed by atoms with E-state index in [1.807, 2.05) is 30.3 Å². The molecule has 2 N–H and O–H groups in total. The van der Waals surface area contributed by atoms with Crippen LogP contribution in [-0.2, 0) is 20.1 Å². The number of rotatable bonds is 5. The smallest absolute Gasteiger partial charge is 0.192 e. The second-order valence-electron chi connectivity index (χ2n) is 5.88. The molecule has 0 aliphatic carbocycles. The fourth-order valence-corrected chi connectivity index (χ4v) is 4.24. The zero-order valence-corrected chi connectivity index (χ0v) is 15.8. The molecule has 2 aromatic rings. The number of nitrogens with one attached hydrogen (secondary N) is 2. The van der Waals surface area contributed by atoms with E-state index in [0.717, 1.165) is 29.9 Å². The minimum Gasteiger partial charge on any atom is -0.353 e. The van der Waals surface area contributed by atoms with Gasteiger partial charge in [-0.15, -0.1) is 21.5 Å². The highest BCUT2D eigenvalue weighted by Crippen LogP contribution is 2.17. The van der Waals surface area contributed by atoms with Crippen LogP contribution in [0.2, 0.25) is 0 Å². The lowest BCUT2D eigenvalue weighted by Crippen LogP contribution is -2.45. The maximum absolute atomic E-state index is 4.73. The molecule has 8 heteroatoms. The zero-order valence-electron chi connectivity index (χ0n) is 14.2. The zero-order chi connectivity index (χ0) is 16.8. The molecule has 1 saturated heterocycles. The van der Waals surface area contributed by atoms with Crippen LogP contribution in [0.3, 0.4) is 0 Å². The van der Waals surface area contributed by atoms with Crippen molar-refractivity contribution in [2.75, 3.05) is 11.5 Å². The Kier molecular flexibility index (Phi) is 6.14. The van der Waals surface area contributed by atoms with Gasteiger partial charge in [0.2, 0.25) is 0 Å². The molecule has 3 rings (SSSR count). The van der Waals surface area contributed by atoms with Crippen molar-refractivity contribution in [2.45, 2.75) is 38.9 Å². The van der Waals surface area contributed by atoms with Crippen molar-refractivity contribution in [1.82, 2.24) is 25.4 Å². The first-order chi connectivity index (χ1) is 11.7. The van der Waals surface area contributed by atoms with Gasteiger partial charge in [-0.3, -0.25) is 0 Å². The number of aryl methyl sites for hydroxylation is 1. The fraction of sp³-hybridized carbons (Fsp3) is 0.562. The molecule has 130 valence electrons. The largest absolute Gasteiger partial charge is 0.353 e. The molecule has 0 radical (unpaired) electrons. The molecule has 6 nitrogen and oxygen atoms in total. The molecule has 1 fully saturated rings. The number of guanidine groups is 1. The maximum atomic E-state index is 4.73. The number of hydrogen-bond donors (Lipinski definition) is 2. The summed E-state index contributed by atoms with van der Waals surface area (Å²) in [5.74, 6) is 5.05. The Hall–Kier alpha value is -1.54. The van der Waals surface area contributed by atoms with E-state index in [4.69, 9.17) is 4.99 Å². The van der Waals surface area contributed by atoms with Gasteiger partial charge in [-0.25, -0.2) is 4.99 Å². The Labute approximate surface area is 151 Å². The lowest BCUT2D eigenvalue weighted by Gasteiger charge is -2.24. The quantitative estimate of drug-likeness (QED) is 0.629. The first kappa shape index (κ1) is 17.3. The van der Waals surface area contributed by atoms with Gasteiger partial charge in [0.25, 0.3) is 0 Å². The summed E-state index contributed by atoms with van der Waals surface area (Å²) in [5, 5.41) is 17.4. The van der Waals surface area contributed by atoms with E-state index in [1.54, 1.807) is 11.3 Å². The molecule has 1 aliphatic rings. The average molecular weight is 365 g/mol. The third kappa shape index (κ3) is 4.73. The lowest BCUT2D eigenvalue weighted by atomic mass is 10.2. The Morgan fingerprint density at radius 1 is 1.46 bits per heavy atom. The van der Waals surface area contributed by atoms with Crippen LogP contribution in [0.25, 0.3) is 0 Å². The van der Waals surface area contributed by atoms with E-state index in [2.05, 4.69) is 38.3 Å². The number of aliphatic imine (C=N–C) groups is 1. The van der Waals surface area contributed by atoms with Crippen LogP contribution >= 0.6 is 23.1 Å². The summed E-state index contributed by atoms with van der Waals surface area (Å²) < 4.78 is 1.98. The van der Waals surface area contributed by atoms with Gasteiger partial charge in [0.1, 0.15) is 12.4 Å². The molecule has 0 aromatic carbocycles. The van der Waals surface area contributed by atoms with Gasteiger partial charge in [-0.1, -0.05) is 6.07 Å². The second-order valence-corrected chi connectivity index (χ2v) is 8.06. The van der Waals surface area contributed by atoms with Crippen LogP contribution in [-0.4, -0.2) is 38.3 Å². The molecule has 0 bridgehead atoms. The summed E-state index contributed by atoms with van der Waals surface area (Å²) in [6.45, 7) is 3.27. The third-order valence-electron chi connectivity index (χ3n) is 4.07. The van der Waals surface area contributed by atoms with Crippen LogP contribution in [0.15, 0.2) is 22.5 Å². The minimum atomic E-state index is 0.486. The SMILES string of the molecule is Cc1nnc(CN=C(NCc2cccs2)NC2CCCSC2)n1C. The van der Waals surface area contributed by atoms with E-state index < -0.39 is 0 Å². The van der Waals surface area contributed by atoms with E-state index in [0.29, 0.717) is 12.6 Å². The van der Waals surface area contributed by atoms with Gasteiger partial charge in [-0.2, -0.15) is 11.8 Å². The monoisotopic (exact) mass is 364 g/mol. The van der Waals surface area contributed by atoms with Crippen LogP contribution in [0, 0.1) is 6.92 Å². The first-order valence-electron chi connectivity index (χ1n) is 8.22. The van der Waals surface area contributed by atoms with E-state index >= 15 is 0 Å². The third-order valence-corrected chi connectivity index (χ3v) is 6.16. The van der Waals surface area contributed by atoms with Gasteiger partial charge in [0.15, 0.2) is 11.8 Å². The predicted molar refractivity (Wildman–Crippen MR) is 102 cm³/mol. The average Bonchev–Trinajstić information content (AvgIpc) is 3.23. The summed E-state index contributed by atoms with van der Waals surface area (Å²) >= 11 is 3.77. The highest BCUT2D eigenvalue weighted by molar-refractivity contribution is 7.99. The molecule has 24 heavy (non-hydrogen) atoms. The Balaban J connectivity index is 1.65. The summed E-state index contributed by atoms with van der Waals surface area (Å²) in [7, 11) is 1.98. The van der Waals surface area contributed by atoms with Crippen LogP contribution in [0.1, 0.15) is 29.4 Å². The van der Waals surface area contributed by atoms with Crippen molar-refractivity contribution in [3.05, 3.63) is 34.0 Å². The summed E-state index contributed by atoms with van der Waals surface area (Å²) in [6, 6.07) is 4.70. The van der Waals surface area contributed by atoms with Crippen molar-refractivity contribution in [3.8, 4) is 0 Å². The lowest BCUT2D eigenvalue weighted by molar-refractivity contribution is 0.580. The van der Waals surface area contributed by atoms with Crippen molar-refractivity contribution in [2.24, 2.45) is 12.0 Å². The molecule has 1 unspecified atom stereocenters. The van der Waals surface area contributed by atoms with Crippen LogP contribution < -0.4 is 10.6 Å². The summed E-state index contributed by atoms with van der Waals surface area (Å²) in [6.07, 6.45) is 2.47. The molecule has 0 spiro atoms. The second kappa shape index (κ2) is 8.53. The topological polar surface area (TPSA) is 67.1 Å². The van der Waals surface area contributed by atoms with Crippen molar-refractivity contribution in [3.63, 3.8) is 0 Å². The number of nitrogens with zero attached hydrogens (tertiary/aromatic N) is 4. The predicted octanol–water partition coefficient (Wildman–Crippen LogP) is 2.32. The molecule has 2 aromatic heterocycles. The van der Waals surface area contributed by atoms with E-state index in [-0.39, 0.29) is 0 Å². The van der Waals surface area contributed by atoms with Gasteiger partial charge in [-0.05, 0) is 37.0 Å². The minimum absolute atomic E-state index is 0.486. The van der Waals surface area contributed by atoms with Crippen molar-refractivity contribution < 1.29 is 0 Å². The van der Waals surface area contributed by atoms with E-state index in [1.165, 1.54) is 23.5 Å². The van der Waals surface area contributed by atoms with E-state index in [9.17, 15) is 0 Å². The van der Waals surface area contributed by atoms with Crippen molar-refractivity contribution >= 4 is 29.1 Å². The van der Waals surface area contributed by atoms with Gasteiger partial charge >= 0.3 is 0 Å². The molecule has 1 aliphatic heterocycles. The van der Waals surface area contributed by atoms with Gasteiger partial charge < -0.3 is 15.2 Å². The maximum Gasteiger partial charge on any atom is 0.192 e. The first-order valence-corrected chi connectivity index (χ1v) is 10.3. The molecule has 1 atom stereocenters. The van der Waals surface area contributed by atoms with Crippen molar-refractivity contribution in [1.29, 1.82) is 0 Å². The Morgan fingerprint density at radius 2 is 2.38 bits per heavy atom. The molecule has 0 saturated carbocycles. The highest BCUT2D eigenvalue weighted by atomic mass is 32.2. The van der Waals surface area contributed by atoms with Gasteiger partial charge in [0, 0.05) is 23.7 Å².